The van der Waals surface area contributed by atoms with E-state index in [9.17, 15) is 4.79 Å². The zero-order chi connectivity index (χ0) is 11.5. The Hall–Kier alpha value is -0.380. The maximum Gasteiger partial charge on any atom is 0.138 e. The van der Waals surface area contributed by atoms with E-state index in [1.807, 2.05) is 18.2 Å². The maximum atomic E-state index is 11.7. The molecule has 0 radical (unpaired) electrons. The molecule has 1 aromatic carbocycles. The predicted molar refractivity (Wildman–Crippen MR) is 68.8 cm³/mol. The fourth-order valence-electron chi connectivity index (χ4n) is 1.96. The maximum absolute atomic E-state index is 11.7. The molecule has 0 spiro atoms. The van der Waals surface area contributed by atoms with Gasteiger partial charge in [-0.15, -0.1) is 0 Å². The van der Waals surface area contributed by atoms with Gasteiger partial charge in [-0.3, -0.25) is 4.79 Å². The van der Waals surface area contributed by atoms with Gasteiger partial charge in [-0.2, -0.15) is 0 Å². The Kier molecular flexibility index (Phi) is 4.00. The molecule has 0 saturated carbocycles. The lowest BCUT2D eigenvalue weighted by Crippen LogP contribution is -2.37. The minimum Gasteiger partial charge on any atom is -0.316 e. The lowest BCUT2D eigenvalue weighted by atomic mass is 9.91. The third kappa shape index (κ3) is 2.84. The molecule has 1 heterocycles. The number of halogens is 2. The molecule has 1 aromatic rings. The number of hydrogen-bond acceptors (Lipinski definition) is 2. The van der Waals surface area contributed by atoms with Gasteiger partial charge in [-0.05, 0) is 30.2 Å². The zero-order valence-corrected chi connectivity index (χ0v) is 11.1. The number of rotatable bonds is 2. The number of carbonyl (C=O) groups is 1. The Balaban J connectivity index is 2.13. The topological polar surface area (TPSA) is 29.1 Å². The minimum absolute atomic E-state index is 0.0700. The molecule has 0 bridgehead atoms. The molecule has 4 heteroatoms. The van der Waals surface area contributed by atoms with Gasteiger partial charge in [-0.25, -0.2) is 0 Å². The SMILES string of the molecule is O=C1CCNCC1Cc1cc(Br)ccc1Cl. The number of hydrogen-bond donors (Lipinski definition) is 1. The van der Waals surface area contributed by atoms with E-state index >= 15 is 0 Å². The number of benzene rings is 1. The third-order valence-electron chi connectivity index (χ3n) is 2.87. The Morgan fingerprint density at radius 1 is 1.50 bits per heavy atom. The van der Waals surface area contributed by atoms with E-state index in [4.69, 9.17) is 11.6 Å². The van der Waals surface area contributed by atoms with Crippen molar-refractivity contribution in [2.24, 2.45) is 5.92 Å². The fourth-order valence-corrected chi connectivity index (χ4v) is 2.56. The Morgan fingerprint density at radius 2 is 2.31 bits per heavy atom. The molecule has 1 aliphatic heterocycles. The van der Waals surface area contributed by atoms with Crippen LogP contribution in [0, 0.1) is 5.92 Å². The van der Waals surface area contributed by atoms with Crippen molar-refractivity contribution in [3.05, 3.63) is 33.3 Å². The first kappa shape index (κ1) is 12.1. The zero-order valence-electron chi connectivity index (χ0n) is 8.80. The second kappa shape index (κ2) is 5.30. The average Bonchev–Trinajstić information content (AvgIpc) is 2.27. The van der Waals surface area contributed by atoms with Crippen LogP contribution in [0.15, 0.2) is 22.7 Å². The van der Waals surface area contributed by atoms with Crippen LogP contribution in [0.5, 0.6) is 0 Å². The van der Waals surface area contributed by atoms with E-state index in [-0.39, 0.29) is 5.92 Å². The smallest absolute Gasteiger partial charge is 0.138 e. The van der Waals surface area contributed by atoms with E-state index in [0.717, 1.165) is 34.6 Å². The van der Waals surface area contributed by atoms with Crippen LogP contribution in [0.3, 0.4) is 0 Å². The molecule has 1 atom stereocenters. The van der Waals surface area contributed by atoms with E-state index in [2.05, 4.69) is 21.2 Å². The quantitative estimate of drug-likeness (QED) is 0.910. The van der Waals surface area contributed by atoms with Gasteiger partial charge in [0.05, 0.1) is 0 Å². The molecule has 2 rings (SSSR count). The molecular weight excluding hydrogens is 289 g/mol. The second-order valence-corrected chi connectivity index (χ2v) is 5.38. The third-order valence-corrected chi connectivity index (χ3v) is 3.73. The first-order valence-electron chi connectivity index (χ1n) is 5.34. The van der Waals surface area contributed by atoms with E-state index in [1.54, 1.807) is 0 Å². The highest BCUT2D eigenvalue weighted by Gasteiger charge is 2.22. The van der Waals surface area contributed by atoms with Crippen LogP contribution in [-0.2, 0) is 11.2 Å². The first-order chi connectivity index (χ1) is 7.66. The second-order valence-electron chi connectivity index (χ2n) is 4.06. The van der Waals surface area contributed by atoms with Crippen LogP contribution in [0.4, 0.5) is 0 Å². The standard InChI is InChI=1S/C12H13BrClNO/c13-10-1-2-11(14)8(6-10)5-9-7-15-4-3-12(9)16/h1-2,6,9,15H,3-5,7H2. The van der Waals surface area contributed by atoms with Gasteiger partial charge in [-0.1, -0.05) is 27.5 Å². The molecule has 1 saturated heterocycles. The monoisotopic (exact) mass is 301 g/mol. The van der Waals surface area contributed by atoms with Crippen molar-refractivity contribution in [2.75, 3.05) is 13.1 Å². The van der Waals surface area contributed by atoms with Crippen molar-refractivity contribution in [3.8, 4) is 0 Å². The summed E-state index contributed by atoms with van der Waals surface area (Å²) in [5, 5.41) is 3.98. The molecule has 1 unspecified atom stereocenters. The van der Waals surface area contributed by atoms with Crippen LogP contribution in [0.2, 0.25) is 5.02 Å². The summed E-state index contributed by atoms with van der Waals surface area (Å²) < 4.78 is 1.00. The lowest BCUT2D eigenvalue weighted by Gasteiger charge is -2.22. The Labute approximate surface area is 108 Å². The Morgan fingerprint density at radius 3 is 3.06 bits per heavy atom. The molecule has 0 aromatic heterocycles. The normalized spacial score (nSPS) is 21.1. The number of Topliss-reactive ketones (excluding diaryl/α,β-unsaturated/α-hetero) is 1. The predicted octanol–water partition coefficient (Wildman–Crippen LogP) is 2.82. The van der Waals surface area contributed by atoms with Gasteiger partial charge >= 0.3 is 0 Å². The average molecular weight is 303 g/mol. The lowest BCUT2D eigenvalue weighted by molar-refractivity contribution is -0.123. The van der Waals surface area contributed by atoms with Gasteiger partial charge in [0.15, 0.2) is 0 Å². The fraction of sp³-hybridized carbons (Fsp3) is 0.417. The van der Waals surface area contributed by atoms with Crippen molar-refractivity contribution in [1.29, 1.82) is 0 Å². The summed E-state index contributed by atoms with van der Waals surface area (Å²) in [7, 11) is 0. The number of piperidine rings is 1. The number of nitrogens with one attached hydrogen (secondary N) is 1. The highest BCUT2D eigenvalue weighted by Crippen LogP contribution is 2.24. The van der Waals surface area contributed by atoms with Crippen LogP contribution in [-0.4, -0.2) is 18.9 Å². The summed E-state index contributed by atoms with van der Waals surface area (Å²) in [6.07, 6.45) is 1.36. The van der Waals surface area contributed by atoms with E-state index in [1.165, 1.54) is 0 Å². The molecule has 1 N–H and O–H groups in total. The summed E-state index contributed by atoms with van der Waals surface area (Å²) in [6, 6.07) is 5.76. The van der Waals surface area contributed by atoms with Crippen LogP contribution < -0.4 is 5.32 Å². The molecule has 2 nitrogen and oxygen atoms in total. The molecule has 0 aliphatic carbocycles. The van der Waals surface area contributed by atoms with Crippen molar-refractivity contribution < 1.29 is 4.79 Å². The van der Waals surface area contributed by atoms with Crippen LogP contribution >= 0.6 is 27.5 Å². The van der Waals surface area contributed by atoms with Gasteiger partial charge in [0, 0.05) is 34.9 Å². The summed E-state index contributed by atoms with van der Waals surface area (Å²) in [5.41, 5.74) is 1.04. The summed E-state index contributed by atoms with van der Waals surface area (Å²) in [4.78, 5) is 11.7. The minimum atomic E-state index is 0.0700. The van der Waals surface area contributed by atoms with E-state index in [0.29, 0.717) is 12.2 Å². The largest absolute Gasteiger partial charge is 0.316 e. The Bertz CT molecular complexity index is 408. The van der Waals surface area contributed by atoms with Crippen LogP contribution in [0.25, 0.3) is 0 Å². The molecule has 16 heavy (non-hydrogen) atoms. The molecule has 1 aliphatic rings. The van der Waals surface area contributed by atoms with Crippen molar-refractivity contribution in [1.82, 2.24) is 5.32 Å². The summed E-state index contributed by atoms with van der Waals surface area (Å²) in [5.74, 6) is 0.412. The first-order valence-corrected chi connectivity index (χ1v) is 6.51. The molecule has 86 valence electrons. The van der Waals surface area contributed by atoms with Gasteiger partial charge < -0.3 is 5.32 Å². The van der Waals surface area contributed by atoms with Crippen molar-refractivity contribution >= 4 is 33.3 Å². The van der Waals surface area contributed by atoms with Gasteiger partial charge in [0.1, 0.15) is 5.78 Å². The van der Waals surface area contributed by atoms with Crippen molar-refractivity contribution in [2.45, 2.75) is 12.8 Å². The molecule has 0 amide bonds. The van der Waals surface area contributed by atoms with Gasteiger partial charge in [0.2, 0.25) is 0 Å². The number of ketones is 1. The van der Waals surface area contributed by atoms with Gasteiger partial charge in [0.25, 0.3) is 0 Å². The summed E-state index contributed by atoms with van der Waals surface area (Å²) >= 11 is 9.53. The number of carbonyl (C=O) groups excluding carboxylic acids is 1. The van der Waals surface area contributed by atoms with E-state index < -0.39 is 0 Å². The molecule has 1 fully saturated rings. The van der Waals surface area contributed by atoms with Crippen LogP contribution in [0.1, 0.15) is 12.0 Å². The summed E-state index contributed by atoms with van der Waals surface area (Å²) in [6.45, 7) is 1.57. The highest BCUT2D eigenvalue weighted by atomic mass is 79.9. The molecular formula is C12H13BrClNO. The van der Waals surface area contributed by atoms with Crippen molar-refractivity contribution in [3.63, 3.8) is 0 Å². The highest BCUT2D eigenvalue weighted by molar-refractivity contribution is 9.10.